The van der Waals surface area contributed by atoms with E-state index in [9.17, 15) is 14.7 Å². The third-order valence-electron chi connectivity index (χ3n) is 3.59. The molecule has 0 spiro atoms. The highest BCUT2D eigenvalue weighted by Gasteiger charge is 2.37. The first-order valence-electron chi connectivity index (χ1n) is 6.88. The highest BCUT2D eigenvalue weighted by Crippen LogP contribution is 2.28. The van der Waals surface area contributed by atoms with Gasteiger partial charge in [0.15, 0.2) is 0 Å². The summed E-state index contributed by atoms with van der Waals surface area (Å²) < 4.78 is 0. The van der Waals surface area contributed by atoms with E-state index in [0.29, 0.717) is 12.1 Å². The topological polar surface area (TPSA) is 86.6 Å². The molecule has 0 aliphatic heterocycles. The third kappa shape index (κ3) is 4.56. The van der Waals surface area contributed by atoms with Gasteiger partial charge < -0.3 is 15.5 Å². The van der Waals surface area contributed by atoms with Crippen molar-refractivity contribution in [2.75, 3.05) is 13.2 Å². The van der Waals surface area contributed by atoms with E-state index >= 15 is 0 Å². The Morgan fingerprint density at radius 1 is 1.14 bits per heavy atom. The predicted octanol–water partition coefficient (Wildman–Crippen LogP) is 1.55. The normalized spacial score (nSPS) is 14.3. The molecule has 1 amide bonds. The van der Waals surface area contributed by atoms with Crippen LogP contribution in [0.3, 0.4) is 0 Å². The van der Waals surface area contributed by atoms with Gasteiger partial charge in [-0.05, 0) is 12.5 Å². The van der Waals surface area contributed by atoms with Gasteiger partial charge in [-0.25, -0.2) is 0 Å². The van der Waals surface area contributed by atoms with Crippen molar-refractivity contribution in [3.05, 3.63) is 35.9 Å². The van der Waals surface area contributed by atoms with Crippen LogP contribution in [0.2, 0.25) is 0 Å². The van der Waals surface area contributed by atoms with Crippen LogP contribution in [-0.4, -0.2) is 35.2 Å². The number of carbonyl (C=O) groups excluding carboxylic acids is 1. The molecular formula is C16H23NO4. The fourth-order valence-electron chi connectivity index (χ4n) is 1.88. The molecular weight excluding hydrogens is 270 g/mol. The van der Waals surface area contributed by atoms with E-state index in [-0.39, 0.29) is 18.9 Å². The van der Waals surface area contributed by atoms with Gasteiger partial charge in [0.05, 0.1) is 5.41 Å². The maximum Gasteiger partial charge on any atom is 0.314 e. The zero-order valence-corrected chi connectivity index (χ0v) is 12.7. The van der Waals surface area contributed by atoms with E-state index in [1.54, 1.807) is 37.3 Å². The number of carboxylic acid groups (broad SMARTS) is 1. The molecule has 0 aromatic heterocycles. The van der Waals surface area contributed by atoms with Gasteiger partial charge in [0.2, 0.25) is 5.91 Å². The van der Waals surface area contributed by atoms with Crippen LogP contribution in [0, 0.1) is 5.41 Å². The molecule has 0 radical (unpaired) electrons. The Morgan fingerprint density at radius 2 is 1.71 bits per heavy atom. The van der Waals surface area contributed by atoms with E-state index in [4.69, 9.17) is 5.11 Å². The number of hydrogen-bond acceptors (Lipinski definition) is 3. The number of hydrogen-bond donors (Lipinski definition) is 3. The first-order chi connectivity index (χ1) is 9.71. The van der Waals surface area contributed by atoms with Gasteiger partial charge in [-0.2, -0.15) is 0 Å². The van der Waals surface area contributed by atoms with Crippen LogP contribution in [0.1, 0.15) is 32.8 Å². The lowest BCUT2D eigenvalue weighted by molar-refractivity contribution is -0.145. The van der Waals surface area contributed by atoms with Crippen molar-refractivity contribution in [3.63, 3.8) is 0 Å². The summed E-state index contributed by atoms with van der Waals surface area (Å²) in [4.78, 5) is 23.6. The maximum absolute atomic E-state index is 12.0. The molecule has 1 aromatic rings. The molecule has 0 fully saturated rings. The molecule has 1 unspecified atom stereocenters. The van der Waals surface area contributed by atoms with E-state index in [1.807, 2.05) is 13.8 Å². The lowest BCUT2D eigenvalue weighted by atomic mass is 9.79. The number of rotatable bonds is 7. The van der Waals surface area contributed by atoms with E-state index < -0.39 is 16.8 Å². The Balaban J connectivity index is 2.81. The average Bonchev–Trinajstić information content (AvgIpc) is 2.46. The summed E-state index contributed by atoms with van der Waals surface area (Å²) >= 11 is 0. The van der Waals surface area contributed by atoms with Crippen LogP contribution >= 0.6 is 0 Å². The SMILES string of the molecule is CC(C)(CO)CNC(=O)CC(C)(C(=O)O)c1ccccc1. The van der Waals surface area contributed by atoms with Crippen LogP contribution in [0.4, 0.5) is 0 Å². The summed E-state index contributed by atoms with van der Waals surface area (Å²) in [5.41, 5.74) is -1.11. The molecule has 1 rings (SSSR count). The zero-order chi connectivity index (χ0) is 16.1. The van der Waals surface area contributed by atoms with Gasteiger partial charge in [-0.3, -0.25) is 9.59 Å². The van der Waals surface area contributed by atoms with Gasteiger partial charge in [-0.1, -0.05) is 44.2 Å². The highest BCUT2D eigenvalue weighted by atomic mass is 16.4. The van der Waals surface area contributed by atoms with Gasteiger partial charge in [0, 0.05) is 25.0 Å². The molecule has 116 valence electrons. The minimum atomic E-state index is -1.27. The quantitative estimate of drug-likeness (QED) is 0.712. The molecule has 0 heterocycles. The van der Waals surface area contributed by atoms with Gasteiger partial charge in [0.1, 0.15) is 0 Å². The molecule has 0 bridgehead atoms. The molecule has 1 aromatic carbocycles. The monoisotopic (exact) mass is 293 g/mol. The molecule has 5 heteroatoms. The number of aliphatic carboxylic acids is 1. The van der Waals surface area contributed by atoms with E-state index in [2.05, 4.69) is 5.32 Å². The zero-order valence-electron chi connectivity index (χ0n) is 12.7. The molecule has 0 saturated carbocycles. The molecule has 0 aliphatic rings. The van der Waals surface area contributed by atoms with Crippen molar-refractivity contribution in [2.45, 2.75) is 32.6 Å². The van der Waals surface area contributed by atoms with Crippen LogP contribution in [0.25, 0.3) is 0 Å². The van der Waals surface area contributed by atoms with Crippen LogP contribution < -0.4 is 5.32 Å². The first-order valence-corrected chi connectivity index (χ1v) is 6.88. The van der Waals surface area contributed by atoms with Crippen LogP contribution in [0.5, 0.6) is 0 Å². The van der Waals surface area contributed by atoms with Crippen molar-refractivity contribution >= 4 is 11.9 Å². The van der Waals surface area contributed by atoms with E-state index in [0.717, 1.165) is 0 Å². The summed E-state index contributed by atoms with van der Waals surface area (Å²) in [6, 6.07) is 8.72. The molecule has 21 heavy (non-hydrogen) atoms. The van der Waals surface area contributed by atoms with Crippen molar-refractivity contribution < 1.29 is 19.8 Å². The predicted molar refractivity (Wildman–Crippen MR) is 79.9 cm³/mol. The fraction of sp³-hybridized carbons (Fsp3) is 0.500. The molecule has 3 N–H and O–H groups in total. The van der Waals surface area contributed by atoms with Crippen molar-refractivity contribution in [2.24, 2.45) is 5.41 Å². The number of carbonyl (C=O) groups is 2. The standard InChI is InChI=1S/C16H23NO4/c1-15(2,11-18)10-17-13(19)9-16(3,14(20)21)12-7-5-4-6-8-12/h4-8,18H,9-11H2,1-3H3,(H,17,19)(H,20,21). The second kappa shape index (κ2) is 6.72. The second-order valence-corrected chi connectivity index (χ2v) is 6.28. The smallest absolute Gasteiger partial charge is 0.314 e. The highest BCUT2D eigenvalue weighted by molar-refractivity contribution is 5.89. The summed E-state index contributed by atoms with van der Waals surface area (Å²) in [5, 5.41) is 21.3. The number of nitrogens with one attached hydrogen (secondary N) is 1. The molecule has 1 atom stereocenters. The third-order valence-corrected chi connectivity index (χ3v) is 3.59. The number of aliphatic hydroxyl groups excluding tert-OH is 1. The average molecular weight is 293 g/mol. The summed E-state index contributed by atoms with van der Waals surface area (Å²) in [5.74, 6) is -1.38. The van der Waals surface area contributed by atoms with E-state index in [1.165, 1.54) is 0 Å². The Labute approximate surface area is 125 Å². The summed E-state index contributed by atoms with van der Waals surface area (Å²) in [6.45, 7) is 5.43. The van der Waals surface area contributed by atoms with Crippen molar-refractivity contribution in [1.29, 1.82) is 0 Å². The lowest BCUT2D eigenvalue weighted by Gasteiger charge is -2.26. The van der Waals surface area contributed by atoms with Gasteiger partial charge >= 0.3 is 5.97 Å². The molecule has 5 nitrogen and oxygen atoms in total. The lowest BCUT2D eigenvalue weighted by Crippen LogP contribution is -2.42. The Hall–Kier alpha value is -1.88. The fourth-order valence-corrected chi connectivity index (χ4v) is 1.88. The number of amides is 1. The number of benzene rings is 1. The Morgan fingerprint density at radius 3 is 2.19 bits per heavy atom. The Bertz CT molecular complexity index is 498. The summed E-state index contributed by atoms with van der Waals surface area (Å²) in [7, 11) is 0. The number of carboxylic acids is 1. The maximum atomic E-state index is 12.0. The van der Waals surface area contributed by atoms with Crippen LogP contribution in [-0.2, 0) is 15.0 Å². The Kier molecular flexibility index (Phi) is 5.49. The number of aliphatic hydroxyl groups is 1. The van der Waals surface area contributed by atoms with Gasteiger partial charge in [0.25, 0.3) is 0 Å². The summed E-state index contributed by atoms with van der Waals surface area (Å²) in [6.07, 6.45) is -0.145. The van der Waals surface area contributed by atoms with Crippen molar-refractivity contribution in [3.8, 4) is 0 Å². The van der Waals surface area contributed by atoms with Gasteiger partial charge in [-0.15, -0.1) is 0 Å². The first kappa shape index (κ1) is 17.2. The largest absolute Gasteiger partial charge is 0.481 e. The molecule has 0 aliphatic carbocycles. The minimum Gasteiger partial charge on any atom is -0.481 e. The van der Waals surface area contributed by atoms with Crippen molar-refractivity contribution in [1.82, 2.24) is 5.32 Å². The van der Waals surface area contributed by atoms with Crippen LogP contribution in [0.15, 0.2) is 30.3 Å². The minimum absolute atomic E-state index is 0.0534. The second-order valence-electron chi connectivity index (χ2n) is 6.28. The molecule has 0 saturated heterocycles.